The maximum atomic E-state index is 13.6. The van der Waals surface area contributed by atoms with Crippen LogP contribution in [-0.4, -0.2) is 35.5 Å². The molecule has 1 fully saturated rings. The number of aliphatic hydroxyl groups excluding tert-OH is 1. The first-order valence-corrected chi connectivity index (χ1v) is 12.8. The third kappa shape index (κ3) is 4.43. The molecule has 1 N–H and O–H groups in total. The van der Waals surface area contributed by atoms with E-state index >= 15 is 0 Å². The lowest BCUT2D eigenvalue weighted by molar-refractivity contribution is -0.132. The normalized spacial score (nSPS) is 16.7. The number of benzene rings is 3. The summed E-state index contributed by atoms with van der Waals surface area (Å²) in [7, 11) is 1.54. The third-order valence-electron chi connectivity index (χ3n) is 6.37. The van der Waals surface area contributed by atoms with Gasteiger partial charge in [0.2, 0.25) is 0 Å². The minimum absolute atomic E-state index is 0.0202. The van der Waals surface area contributed by atoms with Gasteiger partial charge in [-0.15, -0.1) is 0 Å². The Balaban J connectivity index is 1.71. The summed E-state index contributed by atoms with van der Waals surface area (Å²) in [5.41, 5.74) is 3.81. The molecule has 4 aromatic rings. The first-order chi connectivity index (χ1) is 18.3. The Morgan fingerprint density at radius 3 is 2.58 bits per heavy atom. The summed E-state index contributed by atoms with van der Waals surface area (Å²) in [5, 5.41) is 11.8. The van der Waals surface area contributed by atoms with E-state index in [0.29, 0.717) is 34.4 Å². The number of amides is 1. The molecule has 1 amide bonds. The van der Waals surface area contributed by atoms with Gasteiger partial charge in [-0.1, -0.05) is 42.2 Å². The molecule has 3 aromatic carbocycles. The van der Waals surface area contributed by atoms with Crippen LogP contribution in [0.25, 0.3) is 16.0 Å². The highest BCUT2D eigenvalue weighted by molar-refractivity contribution is 7.22. The Hall–Kier alpha value is -4.43. The van der Waals surface area contributed by atoms with Crippen molar-refractivity contribution in [1.29, 1.82) is 0 Å². The predicted molar refractivity (Wildman–Crippen MR) is 149 cm³/mol. The fourth-order valence-corrected chi connectivity index (χ4v) is 5.81. The van der Waals surface area contributed by atoms with Gasteiger partial charge < -0.3 is 14.6 Å². The average Bonchev–Trinajstić information content (AvgIpc) is 3.45. The number of aliphatic hydroxyl groups is 1. The molecule has 1 aromatic heterocycles. The van der Waals surface area contributed by atoms with Crippen LogP contribution in [0.2, 0.25) is 0 Å². The van der Waals surface area contributed by atoms with E-state index in [1.807, 2.05) is 26.0 Å². The smallest absolute Gasteiger partial charge is 0.301 e. The van der Waals surface area contributed by atoms with Crippen molar-refractivity contribution < 1.29 is 24.2 Å². The second-order valence-electron chi connectivity index (χ2n) is 8.99. The van der Waals surface area contributed by atoms with E-state index in [-0.39, 0.29) is 11.3 Å². The lowest BCUT2D eigenvalue weighted by atomic mass is 9.95. The number of fused-ring (bicyclic) bond motifs is 1. The molecule has 1 atom stereocenters. The van der Waals surface area contributed by atoms with Gasteiger partial charge in [0.1, 0.15) is 23.9 Å². The summed E-state index contributed by atoms with van der Waals surface area (Å²) in [5.74, 6) is -0.660. The Labute approximate surface area is 224 Å². The number of thiazole rings is 1. The summed E-state index contributed by atoms with van der Waals surface area (Å²) in [6, 6.07) is 16.9. The van der Waals surface area contributed by atoms with Crippen LogP contribution < -0.4 is 14.4 Å². The molecule has 5 rings (SSSR count). The van der Waals surface area contributed by atoms with Crippen molar-refractivity contribution >= 4 is 44.1 Å². The number of methoxy groups -OCH3 is 1. The number of aryl methyl sites for hydroxylation is 2. The minimum Gasteiger partial charge on any atom is -0.507 e. The molecule has 0 bridgehead atoms. The van der Waals surface area contributed by atoms with Gasteiger partial charge in [0.05, 0.1) is 28.9 Å². The fourth-order valence-electron chi connectivity index (χ4n) is 4.64. The van der Waals surface area contributed by atoms with Crippen molar-refractivity contribution in [2.24, 2.45) is 0 Å². The van der Waals surface area contributed by atoms with E-state index in [4.69, 9.17) is 14.5 Å². The van der Waals surface area contributed by atoms with Gasteiger partial charge in [0, 0.05) is 5.56 Å². The highest BCUT2D eigenvalue weighted by Crippen LogP contribution is 2.45. The molecule has 2 heterocycles. The minimum atomic E-state index is -0.911. The Morgan fingerprint density at radius 1 is 1.11 bits per heavy atom. The van der Waals surface area contributed by atoms with Gasteiger partial charge in [-0.05, 0) is 73.0 Å². The van der Waals surface area contributed by atoms with Gasteiger partial charge in [-0.25, -0.2) is 4.98 Å². The molecule has 1 saturated heterocycles. The molecule has 0 saturated carbocycles. The monoisotopic (exact) mass is 526 g/mol. The van der Waals surface area contributed by atoms with Crippen LogP contribution in [0.1, 0.15) is 28.3 Å². The number of ketones is 1. The molecule has 8 heteroatoms. The van der Waals surface area contributed by atoms with Crippen molar-refractivity contribution in [2.45, 2.75) is 19.9 Å². The number of Topliss-reactive ketones (excluding diaryl/α,β-unsaturated/α-hetero) is 1. The Bertz CT molecular complexity index is 1600. The van der Waals surface area contributed by atoms with E-state index in [1.165, 1.54) is 16.2 Å². The Kier molecular flexibility index (Phi) is 6.73. The molecule has 38 heavy (non-hydrogen) atoms. The standard InChI is InChI=1S/C30H26N2O5S/c1-5-13-37-22-8-6-7-20(16-22)26-24(27(33)19-9-11-21(36-4)12-10-19)28(34)29(35)32(26)30-31-25-18(3)14-17(2)15-23(25)38-30/h5-12,14-16,26,33H,1,13H2,2-4H3. The molecule has 7 nitrogen and oxygen atoms in total. The largest absolute Gasteiger partial charge is 0.507 e. The number of hydrogen-bond acceptors (Lipinski definition) is 7. The third-order valence-corrected chi connectivity index (χ3v) is 7.38. The van der Waals surface area contributed by atoms with Crippen LogP contribution in [0.5, 0.6) is 11.5 Å². The van der Waals surface area contributed by atoms with E-state index in [0.717, 1.165) is 21.3 Å². The highest BCUT2D eigenvalue weighted by Gasteiger charge is 2.48. The Morgan fingerprint density at radius 2 is 1.87 bits per heavy atom. The van der Waals surface area contributed by atoms with Crippen LogP contribution in [0.15, 0.2) is 78.9 Å². The van der Waals surface area contributed by atoms with E-state index in [1.54, 1.807) is 61.7 Å². The van der Waals surface area contributed by atoms with E-state index in [9.17, 15) is 14.7 Å². The average molecular weight is 527 g/mol. The summed E-state index contributed by atoms with van der Waals surface area (Å²) >= 11 is 1.34. The zero-order chi connectivity index (χ0) is 27.0. The predicted octanol–water partition coefficient (Wildman–Crippen LogP) is 6.11. The van der Waals surface area contributed by atoms with Crippen molar-refractivity contribution in [2.75, 3.05) is 18.6 Å². The van der Waals surface area contributed by atoms with Crippen molar-refractivity contribution in [3.63, 3.8) is 0 Å². The van der Waals surface area contributed by atoms with Crippen molar-refractivity contribution in [1.82, 2.24) is 4.98 Å². The number of anilines is 1. The quantitative estimate of drug-likeness (QED) is 0.135. The number of rotatable bonds is 7. The second-order valence-corrected chi connectivity index (χ2v) is 10.0. The van der Waals surface area contributed by atoms with Gasteiger partial charge in [0.15, 0.2) is 5.13 Å². The molecule has 1 aliphatic rings. The van der Waals surface area contributed by atoms with E-state index in [2.05, 4.69) is 6.58 Å². The van der Waals surface area contributed by atoms with Crippen LogP contribution in [0, 0.1) is 13.8 Å². The van der Waals surface area contributed by atoms with Crippen molar-refractivity contribution in [3.8, 4) is 11.5 Å². The molecule has 0 radical (unpaired) electrons. The van der Waals surface area contributed by atoms with Gasteiger partial charge in [-0.2, -0.15) is 0 Å². The molecule has 0 spiro atoms. The fraction of sp³-hybridized carbons (Fsp3) is 0.167. The van der Waals surface area contributed by atoms with Gasteiger partial charge >= 0.3 is 5.91 Å². The molecule has 0 aliphatic carbocycles. The summed E-state index contributed by atoms with van der Waals surface area (Å²) in [6.45, 7) is 7.95. The molecular weight excluding hydrogens is 500 g/mol. The van der Waals surface area contributed by atoms with Crippen LogP contribution >= 0.6 is 11.3 Å². The van der Waals surface area contributed by atoms with Gasteiger partial charge in [-0.3, -0.25) is 14.5 Å². The number of aromatic nitrogens is 1. The number of carbonyl (C=O) groups is 2. The van der Waals surface area contributed by atoms with Crippen LogP contribution in [0.4, 0.5) is 5.13 Å². The number of hydrogen-bond donors (Lipinski definition) is 1. The lowest BCUT2D eigenvalue weighted by Gasteiger charge is -2.23. The number of nitrogens with zero attached hydrogens (tertiary/aromatic N) is 2. The number of ether oxygens (including phenoxy) is 2. The summed E-state index contributed by atoms with van der Waals surface area (Å²) in [4.78, 5) is 33.2. The maximum Gasteiger partial charge on any atom is 0.301 e. The molecule has 1 unspecified atom stereocenters. The first kappa shape index (κ1) is 25.2. The zero-order valence-electron chi connectivity index (χ0n) is 21.2. The summed E-state index contributed by atoms with van der Waals surface area (Å²) in [6.07, 6.45) is 1.63. The van der Waals surface area contributed by atoms with Crippen LogP contribution in [0.3, 0.4) is 0 Å². The van der Waals surface area contributed by atoms with Crippen molar-refractivity contribution in [3.05, 3.63) is 101 Å². The maximum absolute atomic E-state index is 13.6. The SMILES string of the molecule is C=CCOc1cccc(C2C(=C(O)c3ccc(OC)cc3)C(=O)C(=O)N2c2nc3c(C)cc(C)cc3s2)c1. The molecule has 192 valence electrons. The second kappa shape index (κ2) is 10.1. The van der Waals surface area contributed by atoms with E-state index < -0.39 is 17.7 Å². The highest BCUT2D eigenvalue weighted by atomic mass is 32.1. The summed E-state index contributed by atoms with van der Waals surface area (Å²) < 4.78 is 11.8. The van der Waals surface area contributed by atoms with Crippen LogP contribution in [-0.2, 0) is 9.59 Å². The van der Waals surface area contributed by atoms with Gasteiger partial charge in [0.25, 0.3) is 5.78 Å². The lowest BCUT2D eigenvalue weighted by Crippen LogP contribution is -2.29. The first-order valence-electron chi connectivity index (χ1n) is 12.0. The molecule has 1 aliphatic heterocycles. The zero-order valence-corrected chi connectivity index (χ0v) is 22.0. The molecular formula is C30H26N2O5S. The topological polar surface area (TPSA) is 89.0 Å². The number of carbonyl (C=O) groups excluding carboxylic acids is 2.